The van der Waals surface area contributed by atoms with E-state index in [1.165, 1.54) is 0 Å². The van der Waals surface area contributed by atoms with E-state index in [4.69, 9.17) is 22.3 Å². The average molecular weight is 407 g/mol. The largest absolute Gasteiger partial charge is 0.383 e. The van der Waals surface area contributed by atoms with Crippen molar-refractivity contribution >= 4 is 34.4 Å². The fraction of sp³-hybridized carbons (Fsp3) is 0.227. The maximum Gasteiger partial charge on any atom is 0.225 e. The molecule has 0 aliphatic rings. The van der Waals surface area contributed by atoms with E-state index in [1.807, 2.05) is 55.5 Å². The first-order valence-corrected chi connectivity index (χ1v) is 9.93. The van der Waals surface area contributed by atoms with Gasteiger partial charge in [0, 0.05) is 17.1 Å². The molecule has 2 aromatic heterocycles. The van der Waals surface area contributed by atoms with E-state index >= 15 is 0 Å². The van der Waals surface area contributed by atoms with Gasteiger partial charge in [0.05, 0.1) is 16.8 Å². The molecule has 3 N–H and O–H groups in total. The molecule has 0 atom stereocenters. The highest BCUT2D eigenvalue weighted by Gasteiger charge is 2.19. The average Bonchev–Trinajstić information content (AvgIpc) is 3.02. The van der Waals surface area contributed by atoms with Crippen LogP contribution in [0.15, 0.2) is 48.5 Å². The molecule has 0 radical (unpaired) electrons. The third-order valence-corrected chi connectivity index (χ3v) is 4.82. The van der Waals surface area contributed by atoms with Crippen molar-refractivity contribution in [2.75, 3.05) is 17.6 Å². The third-order valence-electron chi connectivity index (χ3n) is 4.58. The molecule has 0 fully saturated rings. The van der Waals surface area contributed by atoms with Crippen LogP contribution in [-0.2, 0) is 0 Å². The van der Waals surface area contributed by atoms with Gasteiger partial charge in [-0.05, 0) is 42.7 Å². The summed E-state index contributed by atoms with van der Waals surface area (Å²) in [6, 6.07) is 15.6. The zero-order valence-electron chi connectivity index (χ0n) is 16.6. The lowest BCUT2D eigenvalue weighted by atomic mass is 10.1. The quantitative estimate of drug-likeness (QED) is 0.482. The Morgan fingerprint density at radius 2 is 1.90 bits per heavy atom. The highest BCUT2D eigenvalue weighted by atomic mass is 35.5. The van der Waals surface area contributed by atoms with E-state index in [0.29, 0.717) is 39.4 Å². The van der Waals surface area contributed by atoms with Crippen molar-refractivity contribution in [2.45, 2.75) is 20.8 Å². The maximum atomic E-state index is 6.54. The number of hydrogen-bond acceptors (Lipinski definition) is 5. The van der Waals surface area contributed by atoms with Crippen molar-refractivity contribution in [3.05, 3.63) is 59.1 Å². The molecule has 148 valence electrons. The van der Waals surface area contributed by atoms with Gasteiger partial charge in [-0.3, -0.25) is 0 Å². The van der Waals surface area contributed by atoms with Crippen LogP contribution < -0.4 is 11.1 Å². The number of aryl methyl sites for hydroxylation is 1. The molecule has 29 heavy (non-hydrogen) atoms. The van der Waals surface area contributed by atoms with E-state index in [0.717, 1.165) is 23.4 Å². The summed E-state index contributed by atoms with van der Waals surface area (Å²) >= 11 is 6.24. The Morgan fingerprint density at radius 1 is 1.10 bits per heavy atom. The summed E-state index contributed by atoms with van der Waals surface area (Å²) in [5.74, 6) is 1.48. The van der Waals surface area contributed by atoms with Crippen LogP contribution in [-0.4, -0.2) is 26.3 Å². The zero-order valence-corrected chi connectivity index (χ0v) is 17.4. The smallest absolute Gasteiger partial charge is 0.225 e. The number of nitrogen functional groups attached to an aromatic ring is 1. The SMILES string of the molecule is Cc1cccc(-n2nc3nc(NCC(C)C)nc(-c4cccc(Cl)c4)c3c2N)c1. The zero-order chi connectivity index (χ0) is 20.5. The minimum atomic E-state index is 0.457. The standard InChI is InChI=1S/C22H23ClN6/c1-13(2)12-25-22-26-19(15-7-5-8-16(23)11-15)18-20(24)29(28-21(18)27-22)17-9-4-6-14(3)10-17/h4-11,13H,12,24H2,1-3H3,(H,25,27,28). The minimum Gasteiger partial charge on any atom is -0.383 e. The summed E-state index contributed by atoms with van der Waals surface area (Å²) < 4.78 is 1.71. The van der Waals surface area contributed by atoms with Crippen LogP contribution in [0.5, 0.6) is 0 Å². The predicted octanol–water partition coefficient (Wildman–Crippen LogP) is 5.09. The number of halogens is 1. The predicted molar refractivity (Wildman–Crippen MR) is 120 cm³/mol. The van der Waals surface area contributed by atoms with Crippen molar-refractivity contribution < 1.29 is 0 Å². The second-order valence-electron chi connectivity index (χ2n) is 7.52. The van der Waals surface area contributed by atoms with Crippen LogP contribution in [0.4, 0.5) is 11.8 Å². The molecule has 0 saturated carbocycles. The van der Waals surface area contributed by atoms with E-state index < -0.39 is 0 Å². The first kappa shape index (κ1) is 19.2. The third kappa shape index (κ3) is 3.89. The number of aromatic nitrogens is 4. The van der Waals surface area contributed by atoms with Crippen LogP contribution in [0.1, 0.15) is 19.4 Å². The van der Waals surface area contributed by atoms with Crippen LogP contribution in [0.25, 0.3) is 28.0 Å². The van der Waals surface area contributed by atoms with Crippen LogP contribution in [0, 0.1) is 12.8 Å². The van der Waals surface area contributed by atoms with Gasteiger partial charge in [0.25, 0.3) is 0 Å². The lowest BCUT2D eigenvalue weighted by molar-refractivity contribution is 0.685. The second kappa shape index (κ2) is 7.72. The monoisotopic (exact) mass is 406 g/mol. The van der Waals surface area contributed by atoms with Crippen LogP contribution >= 0.6 is 11.6 Å². The number of benzene rings is 2. The highest BCUT2D eigenvalue weighted by molar-refractivity contribution is 6.30. The molecule has 2 aromatic carbocycles. The van der Waals surface area contributed by atoms with E-state index in [-0.39, 0.29) is 0 Å². The second-order valence-corrected chi connectivity index (χ2v) is 7.95. The molecule has 0 bridgehead atoms. The first-order chi connectivity index (χ1) is 13.9. The van der Waals surface area contributed by atoms with Crippen molar-refractivity contribution in [3.8, 4) is 16.9 Å². The fourth-order valence-corrected chi connectivity index (χ4v) is 3.38. The van der Waals surface area contributed by atoms with E-state index in [9.17, 15) is 0 Å². The number of anilines is 2. The van der Waals surface area contributed by atoms with Gasteiger partial charge in [-0.2, -0.15) is 4.98 Å². The molecule has 0 amide bonds. The summed E-state index contributed by atoms with van der Waals surface area (Å²) in [6.07, 6.45) is 0. The number of fused-ring (bicyclic) bond motifs is 1. The van der Waals surface area contributed by atoms with Crippen LogP contribution in [0.3, 0.4) is 0 Å². The Labute approximate surface area is 174 Å². The van der Waals surface area contributed by atoms with Gasteiger partial charge in [0.2, 0.25) is 5.95 Å². The van der Waals surface area contributed by atoms with Crippen molar-refractivity contribution in [1.29, 1.82) is 0 Å². The van der Waals surface area contributed by atoms with Gasteiger partial charge in [-0.15, -0.1) is 5.10 Å². The normalized spacial score (nSPS) is 11.3. The number of nitrogens with one attached hydrogen (secondary N) is 1. The number of nitrogens with zero attached hydrogens (tertiary/aromatic N) is 4. The van der Waals surface area contributed by atoms with Crippen molar-refractivity contribution in [1.82, 2.24) is 19.7 Å². The Bertz CT molecular complexity index is 1180. The minimum absolute atomic E-state index is 0.457. The fourth-order valence-electron chi connectivity index (χ4n) is 3.19. The van der Waals surface area contributed by atoms with E-state index in [1.54, 1.807) is 4.68 Å². The molecule has 0 aliphatic heterocycles. The lowest BCUT2D eigenvalue weighted by Crippen LogP contribution is -2.11. The molecule has 4 rings (SSSR count). The molecule has 0 unspecified atom stereocenters. The van der Waals surface area contributed by atoms with E-state index in [2.05, 4.69) is 29.2 Å². The first-order valence-electron chi connectivity index (χ1n) is 9.55. The molecule has 4 aromatic rings. The Morgan fingerprint density at radius 3 is 2.62 bits per heavy atom. The van der Waals surface area contributed by atoms with Crippen molar-refractivity contribution in [2.24, 2.45) is 5.92 Å². The molecule has 7 heteroatoms. The molecular formula is C22H23ClN6. The van der Waals surface area contributed by atoms with Crippen molar-refractivity contribution in [3.63, 3.8) is 0 Å². The summed E-state index contributed by atoms with van der Waals surface area (Å²) in [7, 11) is 0. The molecular weight excluding hydrogens is 384 g/mol. The Kier molecular flexibility index (Phi) is 5.11. The summed E-state index contributed by atoms with van der Waals surface area (Å²) in [4.78, 5) is 9.37. The van der Waals surface area contributed by atoms with Gasteiger partial charge in [-0.25, -0.2) is 9.67 Å². The number of nitrogens with two attached hydrogens (primary N) is 1. The lowest BCUT2D eigenvalue weighted by Gasteiger charge is -2.10. The molecule has 0 aliphatic carbocycles. The van der Waals surface area contributed by atoms with Gasteiger partial charge in [-0.1, -0.05) is 49.7 Å². The van der Waals surface area contributed by atoms with Gasteiger partial charge < -0.3 is 11.1 Å². The Balaban J connectivity index is 1.95. The number of rotatable bonds is 5. The summed E-state index contributed by atoms with van der Waals surface area (Å²) in [5, 5.41) is 9.33. The molecule has 0 spiro atoms. The van der Waals surface area contributed by atoms with Gasteiger partial charge in [0.1, 0.15) is 5.82 Å². The maximum absolute atomic E-state index is 6.54. The van der Waals surface area contributed by atoms with Crippen LogP contribution in [0.2, 0.25) is 5.02 Å². The van der Waals surface area contributed by atoms with Gasteiger partial charge >= 0.3 is 0 Å². The summed E-state index contributed by atoms with van der Waals surface area (Å²) in [5.41, 5.74) is 10.7. The molecule has 2 heterocycles. The molecule has 6 nitrogen and oxygen atoms in total. The number of hydrogen-bond donors (Lipinski definition) is 2. The highest BCUT2D eigenvalue weighted by Crippen LogP contribution is 2.33. The Hall–Kier alpha value is -3.12. The topological polar surface area (TPSA) is 81.7 Å². The summed E-state index contributed by atoms with van der Waals surface area (Å²) in [6.45, 7) is 7.06. The molecule has 0 saturated heterocycles. The van der Waals surface area contributed by atoms with Gasteiger partial charge in [0.15, 0.2) is 5.65 Å².